The molecule has 144 valence electrons. The van der Waals surface area contributed by atoms with Crippen molar-refractivity contribution in [3.63, 3.8) is 0 Å². The molecule has 0 fully saturated rings. The van der Waals surface area contributed by atoms with Gasteiger partial charge in [-0.1, -0.05) is 23.7 Å². The number of ether oxygens (including phenoxy) is 1. The minimum Gasteiger partial charge on any atom is -0.509 e. The van der Waals surface area contributed by atoms with Gasteiger partial charge in [0.05, 0.1) is 19.2 Å². The predicted octanol–water partition coefficient (Wildman–Crippen LogP) is 3.75. The van der Waals surface area contributed by atoms with Gasteiger partial charge in [0.15, 0.2) is 0 Å². The zero-order valence-electron chi connectivity index (χ0n) is 15.5. The van der Waals surface area contributed by atoms with Crippen molar-refractivity contribution in [1.29, 1.82) is 5.41 Å². The van der Waals surface area contributed by atoms with E-state index in [0.29, 0.717) is 33.2 Å². The van der Waals surface area contributed by atoms with E-state index in [9.17, 15) is 9.90 Å². The molecule has 1 aliphatic rings. The van der Waals surface area contributed by atoms with Crippen molar-refractivity contribution in [3.05, 3.63) is 69.9 Å². The molecule has 0 aromatic heterocycles. The molecule has 2 aromatic rings. The minimum atomic E-state index is -0.892. The molecular weight excluding hydrogens is 378 g/mol. The lowest BCUT2D eigenvalue weighted by Gasteiger charge is -2.14. The fourth-order valence-electron chi connectivity index (χ4n) is 3.22. The zero-order valence-corrected chi connectivity index (χ0v) is 16.2. The number of nitrogens with one attached hydrogen (secondary N) is 1. The third-order valence-electron chi connectivity index (χ3n) is 4.50. The number of primary amides is 1. The number of halogens is 1. The Balaban J connectivity index is 2.33. The number of carbonyl (C=O) groups is 1. The molecule has 28 heavy (non-hydrogen) atoms. The van der Waals surface area contributed by atoms with Gasteiger partial charge in [0, 0.05) is 27.4 Å². The van der Waals surface area contributed by atoms with Crippen LogP contribution in [0.3, 0.4) is 0 Å². The van der Waals surface area contributed by atoms with Gasteiger partial charge in [-0.05, 0) is 42.8 Å². The van der Waals surface area contributed by atoms with E-state index in [4.69, 9.17) is 27.5 Å². The molecule has 0 saturated heterocycles. The highest BCUT2D eigenvalue weighted by Gasteiger charge is 2.29. The van der Waals surface area contributed by atoms with Crippen LogP contribution in [0.2, 0.25) is 5.02 Å². The average Bonchev–Trinajstić information content (AvgIpc) is 2.76. The van der Waals surface area contributed by atoms with Crippen LogP contribution in [0.25, 0.3) is 5.57 Å². The van der Waals surface area contributed by atoms with Crippen LogP contribution in [-0.4, -0.2) is 35.6 Å². The van der Waals surface area contributed by atoms with E-state index in [2.05, 4.69) is 4.99 Å². The maximum Gasteiger partial charge on any atom is 0.220 e. The lowest BCUT2D eigenvalue weighted by atomic mass is 9.91. The summed E-state index contributed by atoms with van der Waals surface area (Å²) < 4.78 is 5.36. The smallest absolute Gasteiger partial charge is 0.220 e. The van der Waals surface area contributed by atoms with E-state index in [-0.39, 0.29) is 17.9 Å². The van der Waals surface area contributed by atoms with Crippen LogP contribution in [0, 0.1) is 5.41 Å². The van der Waals surface area contributed by atoms with Crippen LogP contribution < -0.4 is 10.5 Å². The Labute approximate surface area is 167 Å². The van der Waals surface area contributed by atoms with Gasteiger partial charge in [0.25, 0.3) is 0 Å². The molecule has 2 aromatic carbocycles. The second-order valence-corrected chi connectivity index (χ2v) is 6.90. The number of aliphatic hydroxyl groups is 1. The number of carbonyl (C=O) groups excluding carboxylic acids is 1. The number of hydrogen-bond donors (Lipinski definition) is 3. The number of benzene rings is 2. The number of hydrogen-bond acceptors (Lipinski definition) is 5. The van der Waals surface area contributed by atoms with Gasteiger partial charge in [0.1, 0.15) is 17.6 Å². The van der Waals surface area contributed by atoms with Gasteiger partial charge < -0.3 is 21.0 Å². The molecule has 0 saturated carbocycles. The number of nitrogens with zero attached hydrogens (tertiary/aromatic N) is 1. The number of aliphatic imine (C=N–C) groups is 1. The molecule has 1 aliphatic heterocycles. The summed E-state index contributed by atoms with van der Waals surface area (Å²) in [6.45, 7) is 1.58. The lowest BCUT2D eigenvalue weighted by molar-refractivity contribution is -0.118. The highest BCUT2D eigenvalue weighted by atomic mass is 35.5. The molecule has 1 unspecified atom stereocenters. The Morgan fingerprint density at radius 2 is 1.93 bits per heavy atom. The van der Waals surface area contributed by atoms with Crippen LogP contribution in [0.4, 0.5) is 0 Å². The Kier molecular flexibility index (Phi) is 5.51. The third-order valence-corrected chi connectivity index (χ3v) is 4.75. The zero-order chi connectivity index (χ0) is 20.4. The Hall–Kier alpha value is -3.12. The first-order valence-corrected chi connectivity index (χ1v) is 8.99. The van der Waals surface area contributed by atoms with Crippen molar-refractivity contribution < 1.29 is 14.6 Å². The normalized spacial score (nSPS) is 16.1. The van der Waals surface area contributed by atoms with Crippen molar-refractivity contribution in [2.45, 2.75) is 19.4 Å². The van der Waals surface area contributed by atoms with Crippen LogP contribution >= 0.6 is 11.6 Å². The molecule has 0 radical (unpaired) electrons. The van der Waals surface area contributed by atoms with Crippen molar-refractivity contribution in [1.82, 2.24) is 0 Å². The molecular formula is C21H20ClN3O3. The quantitative estimate of drug-likeness (QED) is 0.668. The topological polar surface area (TPSA) is 109 Å². The molecule has 7 heteroatoms. The standard InChI is InChI=1S/C21H20ClN3O3/c1-11(23)19-15-8-7-14(28-2)9-16(15)20(12-3-5-13(22)6-4-12)25-17(21(19)27)10-18(24)26/h3-9,17,23,27H,10H2,1-2H3,(H2,24,26). The van der Waals surface area contributed by atoms with Crippen molar-refractivity contribution in [2.24, 2.45) is 10.7 Å². The number of aliphatic hydroxyl groups excluding tert-OH is 1. The van der Waals surface area contributed by atoms with E-state index in [1.54, 1.807) is 44.4 Å². The van der Waals surface area contributed by atoms with E-state index in [1.165, 1.54) is 0 Å². The molecule has 6 nitrogen and oxygen atoms in total. The van der Waals surface area contributed by atoms with E-state index < -0.39 is 11.9 Å². The lowest BCUT2D eigenvalue weighted by Crippen LogP contribution is -2.22. The predicted molar refractivity (Wildman–Crippen MR) is 111 cm³/mol. The molecule has 0 spiro atoms. The van der Waals surface area contributed by atoms with Gasteiger partial charge in [0.2, 0.25) is 5.91 Å². The molecule has 0 bridgehead atoms. The monoisotopic (exact) mass is 397 g/mol. The Morgan fingerprint density at radius 1 is 1.25 bits per heavy atom. The number of nitrogens with two attached hydrogens (primary N) is 1. The van der Waals surface area contributed by atoms with Crippen LogP contribution in [0.15, 0.2) is 53.2 Å². The number of methoxy groups -OCH3 is 1. The summed E-state index contributed by atoms with van der Waals surface area (Å²) in [5.41, 5.74) is 8.49. The average molecular weight is 398 g/mol. The minimum absolute atomic E-state index is 0.151. The van der Waals surface area contributed by atoms with Gasteiger partial charge in [-0.15, -0.1) is 0 Å². The molecule has 1 amide bonds. The largest absolute Gasteiger partial charge is 0.509 e. The highest BCUT2D eigenvalue weighted by Crippen LogP contribution is 2.34. The van der Waals surface area contributed by atoms with Gasteiger partial charge in [-0.3, -0.25) is 9.79 Å². The number of rotatable bonds is 5. The van der Waals surface area contributed by atoms with E-state index in [0.717, 1.165) is 5.56 Å². The number of fused-ring (bicyclic) bond motifs is 1. The fourth-order valence-corrected chi connectivity index (χ4v) is 3.35. The fraction of sp³-hybridized carbons (Fsp3) is 0.190. The summed E-state index contributed by atoms with van der Waals surface area (Å²) in [6, 6.07) is 11.5. The molecule has 1 atom stereocenters. The number of amides is 1. The second kappa shape index (κ2) is 7.86. The van der Waals surface area contributed by atoms with Gasteiger partial charge >= 0.3 is 0 Å². The van der Waals surface area contributed by atoms with Crippen LogP contribution in [-0.2, 0) is 4.79 Å². The molecule has 3 rings (SSSR count). The summed E-state index contributed by atoms with van der Waals surface area (Å²) in [5.74, 6) is -0.141. The van der Waals surface area contributed by atoms with Crippen molar-refractivity contribution in [2.75, 3.05) is 7.11 Å². The molecule has 0 aliphatic carbocycles. The maximum absolute atomic E-state index is 11.6. The summed E-state index contributed by atoms with van der Waals surface area (Å²) in [7, 11) is 1.56. The Bertz CT molecular complexity index is 1010. The first kappa shape index (κ1) is 19.6. The van der Waals surface area contributed by atoms with Crippen molar-refractivity contribution in [3.8, 4) is 5.75 Å². The second-order valence-electron chi connectivity index (χ2n) is 6.47. The molecule has 1 heterocycles. The van der Waals surface area contributed by atoms with Crippen LogP contribution in [0.1, 0.15) is 30.0 Å². The third kappa shape index (κ3) is 3.77. The van der Waals surface area contributed by atoms with Gasteiger partial charge in [-0.25, -0.2) is 0 Å². The summed E-state index contributed by atoms with van der Waals surface area (Å²) in [4.78, 5) is 16.2. The first-order valence-electron chi connectivity index (χ1n) is 8.61. The summed E-state index contributed by atoms with van der Waals surface area (Å²) >= 11 is 6.02. The summed E-state index contributed by atoms with van der Waals surface area (Å²) in [6.07, 6.45) is -0.176. The Morgan fingerprint density at radius 3 is 2.50 bits per heavy atom. The SMILES string of the molecule is COc1ccc2c(c1)C(c1ccc(Cl)cc1)=NC(CC(N)=O)C(O)=C2C(C)=N. The van der Waals surface area contributed by atoms with Crippen LogP contribution in [0.5, 0.6) is 5.75 Å². The summed E-state index contributed by atoms with van der Waals surface area (Å²) in [5, 5.41) is 19.6. The number of allylic oxidation sites excluding steroid dienone is 1. The highest BCUT2D eigenvalue weighted by molar-refractivity contribution is 6.31. The molecule has 4 N–H and O–H groups in total. The van der Waals surface area contributed by atoms with Gasteiger partial charge in [-0.2, -0.15) is 0 Å². The maximum atomic E-state index is 11.6. The first-order chi connectivity index (χ1) is 13.3. The van der Waals surface area contributed by atoms with Crippen molar-refractivity contribution >= 4 is 34.5 Å². The van der Waals surface area contributed by atoms with E-state index in [1.807, 2.05) is 12.1 Å². The van der Waals surface area contributed by atoms with E-state index >= 15 is 0 Å².